The molecule has 0 amide bonds. The Balaban J connectivity index is 2.00. The van der Waals surface area contributed by atoms with Gasteiger partial charge in [0.25, 0.3) is 0 Å². The van der Waals surface area contributed by atoms with Crippen LogP contribution in [0.3, 0.4) is 0 Å². The van der Waals surface area contributed by atoms with Crippen LogP contribution < -0.4 is 0 Å². The van der Waals surface area contributed by atoms with Crippen LogP contribution in [0.1, 0.15) is 30.8 Å². The maximum atomic E-state index is 12.6. The number of aliphatic hydroxyl groups is 2. The summed E-state index contributed by atoms with van der Waals surface area (Å²) in [7, 11) is 0. The Bertz CT molecular complexity index is 720. The number of carbonyl (C=O) groups excluding carboxylic acids is 1. The van der Waals surface area contributed by atoms with Crippen molar-refractivity contribution in [2.45, 2.75) is 31.2 Å². The predicted molar refractivity (Wildman–Crippen MR) is 86.1 cm³/mol. The van der Waals surface area contributed by atoms with E-state index in [0.29, 0.717) is 12.8 Å². The minimum Gasteiger partial charge on any atom is -0.515 e. The lowest BCUT2D eigenvalue weighted by atomic mass is 9.80. The molecule has 0 bridgehead atoms. The average molecular weight is 336 g/mol. The Hall–Kier alpha value is -1.92. The van der Waals surface area contributed by atoms with Crippen molar-refractivity contribution in [1.82, 2.24) is 15.0 Å². The molecule has 6 nitrogen and oxygen atoms in total. The van der Waals surface area contributed by atoms with Gasteiger partial charge in [0.1, 0.15) is 11.7 Å². The van der Waals surface area contributed by atoms with E-state index in [9.17, 15) is 15.0 Å². The summed E-state index contributed by atoms with van der Waals surface area (Å²) in [6.45, 7) is 1.89. The maximum absolute atomic E-state index is 12.6. The number of rotatable bonds is 3. The number of allylic oxidation sites excluding steroid dienone is 3. The van der Waals surface area contributed by atoms with Gasteiger partial charge in [-0.25, -0.2) is 0 Å². The first-order chi connectivity index (χ1) is 11.0. The van der Waals surface area contributed by atoms with E-state index in [-0.39, 0.29) is 29.3 Å². The summed E-state index contributed by atoms with van der Waals surface area (Å²) >= 11 is 6.10. The van der Waals surface area contributed by atoms with E-state index >= 15 is 0 Å². The van der Waals surface area contributed by atoms with E-state index in [4.69, 9.17) is 11.6 Å². The lowest BCUT2D eigenvalue weighted by molar-refractivity contribution is -0.120. The van der Waals surface area contributed by atoms with Gasteiger partial charge < -0.3 is 10.2 Å². The number of ketones is 1. The Kier molecular flexibility index (Phi) is 4.37. The molecule has 3 unspecified atom stereocenters. The molecule has 3 atom stereocenters. The van der Waals surface area contributed by atoms with Gasteiger partial charge in [0.15, 0.2) is 5.78 Å². The molecule has 0 saturated heterocycles. The highest BCUT2D eigenvalue weighted by molar-refractivity contribution is 6.22. The lowest BCUT2D eigenvalue weighted by Gasteiger charge is -2.28. The highest BCUT2D eigenvalue weighted by Gasteiger charge is 2.37. The van der Waals surface area contributed by atoms with Crippen LogP contribution in [0, 0.1) is 5.92 Å². The van der Waals surface area contributed by atoms with Crippen molar-refractivity contribution in [3.63, 3.8) is 0 Å². The molecule has 0 aliphatic heterocycles. The number of aromatic nitrogens is 3. The lowest BCUT2D eigenvalue weighted by Crippen LogP contribution is -2.33. The predicted octanol–water partition coefficient (Wildman–Crippen LogP) is 1.97. The van der Waals surface area contributed by atoms with Crippen LogP contribution in [0.2, 0.25) is 0 Å². The summed E-state index contributed by atoms with van der Waals surface area (Å²) < 4.78 is 0. The van der Waals surface area contributed by atoms with Crippen LogP contribution in [0.5, 0.6) is 0 Å². The molecule has 1 aromatic rings. The van der Waals surface area contributed by atoms with Crippen molar-refractivity contribution >= 4 is 23.5 Å². The van der Waals surface area contributed by atoms with E-state index < -0.39 is 6.04 Å². The molecule has 0 radical (unpaired) electrons. The van der Waals surface area contributed by atoms with Gasteiger partial charge in [-0.15, -0.1) is 11.6 Å². The van der Waals surface area contributed by atoms with Gasteiger partial charge in [-0.1, -0.05) is 18.6 Å². The smallest absolute Gasteiger partial charge is 0.192 e. The topological polar surface area (TPSA) is 88.2 Å². The third kappa shape index (κ3) is 2.84. The highest BCUT2D eigenvalue weighted by Crippen LogP contribution is 2.35. The summed E-state index contributed by atoms with van der Waals surface area (Å²) in [4.78, 5) is 14.0. The molecule has 2 N–H and O–H groups in total. The molecular weight excluding hydrogens is 318 g/mol. The van der Waals surface area contributed by atoms with Crippen molar-refractivity contribution in [2.24, 2.45) is 5.92 Å². The van der Waals surface area contributed by atoms with Crippen LogP contribution in [-0.2, 0) is 11.2 Å². The van der Waals surface area contributed by atoms with Crippen molar-refractivity contribution in [1.29, 1.82) is 0 Å². The van der Waals surface area contributed by atoms with Gasteiger partial charge >= 0.3 is 0 Å². The minimum absolute atomic E-state index is 0.0184. The highest BCUT2D eigenvalue weighted by atomic mass is 35.5. The standard InChI is InChI=1S/C16H18ClN3O3/c1-9-10(4-5-21)6-11(8-22)16(23)15(9)20-18-13-3-2-12(17)7-14(13)19-20/h2-3,6,8-9,12,15,21-22H,4-5,7H2,1H3. The minimum atomic E-state index is -0.632. The molecule has 7 heteroatoms. The number of nitrogens with zero attached hydrogens (tertiary/aromatic N) is 3. The number of Topliss-reactive ketones (excluding diaryl/α,β-unsaturated/α-hetero) is 1. The third-order valence-corrected chi connectivity index (χ3v) is 4.62. The molecule has 122 valence electrons. The van der Waals surface area contributed by atoms with Crippen LogP contribution in [-0.4, -0.2) is 43.0 Å². The summed E-state index contributed by atoms with van der Waals surface area (Å²) in [6.07, 6.45) is 7.11. The van der Waals surface area contributed by atoms with Crippen LogP contribution in [0.25, 0.3) is 6.08 Å². The average Bonchev–Trinajstić information content (AvgIpc) is 2.92. The Labute approximate surface area is 138 Å². The first-order valence-electron chi connectivity index (χ1n) is 7.53. The molecule has 0 fully saturated rings. The number of hydrogen-bond acceptors (Lipinski definition) is 5. The molecule has 3 rings (SSSR count). The quantitative estimate of drug-likeness (QED) is 0.501. The molecule has 0 spiro atoms. The molecule has 0 aromatic carbocycles. The third-order valence-electron chi connectivity index (χ3n) is 4.32. The molecule has 2 aliphatic rings. The second kappa shape index (κ2) is 6.29. The molecule has 0 saturated carbocycles. The number of hydrogen-bond donors (Lipinski definition) is 2. The molecule has 2 aliphatic carbocycles. The zero-order valence-electron chi connectivity index (χ0n) is 12.7. The van der Waals surface area contributed by atoms with Crippen LogP contribution >= 0.6 is 11.6 Å². The largest absolute Gasteiger partial charge is 0.515 e. The fraction of sp³-hybridized carbons (Fsp3) is 0.438. The number of aliphatic hydroxyl groups excluding tert-OH is 2. The normalized spacial score (nSPS) is 28.8. The van der Waals surface area contributed by atoms with Crippen LogP contribution in [0.4, 0.5) is 0 Å². The summed E-state index contributed by atoms with van der Waals surface area (Å²) in [6, 6.07) is -0.632. The van der Waals surface area contributed by atoms with E-state index in [1.165, 1.54) is 4.80 Å². The van der Waals surface area contributed by atoms with E-state index in [1.54, 1.807) is 6.08 Å². The zero-order chi connectivity index (χ0) is 16.6. The second-order valence-corrected chi connectivity index (χ2v) is 6.37. The molecule has 1 heterocycles. The Morgan fingerprint density at radius 3 is 2.96 bits per heavy atom. The second-order valence-electron chi connectivity index (χ2n) is 5.81. The molecule has 23 heavy (non-hydrogen) atoms. The van der Waals surface area contributed by atoms with Crippen molar-refractivity contribution in [3.8, 4) is 0 Å². The van der Waals surface area contributed by atoms with E-state index in [0.717, 1.165) is 23.2 Å². The van der Waals surface area contributed by atoms with Crippen molar-refractivity contribution in [2.75, 3.05) is 6.61 Å². The molecular formula is C16H18ClN3O3. The fourth-order valence-electron chi connectivity index (χ4n) is 3.05. The number of carbonyl (C=O) groups is 1. The van der Waals surface area contributed by atoms with Gasteiger partial charge in [-0.05, 0) is 18.6 Å². The van der Waals surface area contributed by atoms with E-state index in [2.05, 4.69) is 10.2 Å². The summed E-state index contributed by atoms with van der Waals surface area (Å²) in [5.41, 5.74) is 2.57. The van der Waals surface area contributed by atoms with Gasteiger partial charge in [0.05, 0.1) is 22.9 Å². The fourth-order valence-corrected chi connectivity index (χ4v) is 3.27. The van der Waals surface area contributed by atoms with Gasteiger partial charge in [0.2, 0.25) is 0 Å². The number of halogens is 1. The van der Waals surface area contributed by atoms with Gasteiger partial charge in [0, 0.05) is 18.9 Å². The van der Waals surface area contributed by atoms with Crippen molar-refractivity contribution < 1.29 is 15.0 Å². The Morgan fingerprint density at radius 2 is 2.26 bits per heavy atom. The van der Waals surface area contributed by atoms with Crippen LogP contribution in [0.15, 0.2) is 29.6 Å². The van der Waals surface area contributed by atoms with Crippen molar-refractivity contribution in [3.05, 3.63) is 40.9 Å². The molecule has 1 aromatic heterocycles. The van der Waals surface area contributed by atoms with Gasteiger partial charge in [-0.3, -0.25) is 4.79 Å². The van der Waals surface area contributed by atoms with E-state index in [1.807, 2.05) is 19.1 Å². The first-order valence-corrected chi connectivity index (χ1v) is 7.96. The first kappa shape index (κ1) is 16.0. The zero-order valence-corrected chi connectivity index (χ0v) is 13.4. The number of alkyl halides is 1. The number of fused-ring (bicyclic) bond motifs is 1. The Morgan fingerprint density at radius 1 is 1.48 bits per heavy atom. The maximum Gasteiger partial charge on any atom is 0.192 e. The summed E-state index contributed by atoms with van der Waals surface area (Å²) in [5.74, 6) is -0.400. The SMILES string of the molecule is CC1C(CCO)=CC(=CO)C(=O)C1n1nc2c(n1)CC(Cl)C=C2. The monoisotopic (exact) mass is 335 g/mol. The summed E-state index contributed by atoms with van der Waals surface area (Å²) in [5, 5.41) is 27.3. The van der Waals surface area contributed by atoms with Gasteiger partial charge in [-0.2, -0.15) is 15.0 Å².